The molecule has 0 amide bonds. The molecule has 0 saturated heterocycles. The Bertz CT molecular complexity index is 1070. The highest BCUT2D eigenvalue weighted by molar-refractivity contribution is 5.56. The van der Waals surface area contributed by atoms with Gasteiger partial charge in [0.25, 0.3) is 5.56 Å². The molecule has 30 heavy (non-hydrogen) atoms. The highest BCUT2D eigenvalue weighted by Crippen LogP contribution is 2.30. The number of anilines is 1. The smallest absolute Gasteiger partial charge is 0.267 e. The molecule has 0 spiro atoms. The van der Waals surface area contributed by atoms with Crippen LogP contribution in [0, 0.1) is 0 Å². The van der Waals surface area contributed by atoms with Crippen molar-refractivity contribution < 1.29 is 0 Å². The third-order valence-corrected chi connectivity index (χ3v) is 6.25. The first-order valence-electron chi connectivity index (χ1n) is 10.9. The molecule has 0 bridgehead atoms. The SMILES string of the molecule is O=c1ccc(-c2cccnc2)nn1C1CCC(Nc2cc3c(nn2)CCCC3)CC1. The molecule has 1 N–H and O–H groups in total. The van der Waals surface area contributed by atoms with Crippen LogP contribution >= 0.6 is 0 Å². The molecular weight excluding hydrogens is 376 g/mol. The van der Waals surface area contributed by atoms with Gasteiger partial charge in [0.2, 0.25) is 0 Å². The zero-order chi connectivity index (χ0) is 20.3. The van der Waals surface area contributed by atoms with E-state index >= 15 is 0 Å². The Hall–Kier alpha value is -3.09. The number of aromatic nitrogens is 5. The van der Waals surface area contributed by atoms with E-state index < -0.39 is 0 Å². The Morgan fingerprint density at radius 2 is 1.87 bits per heavy atom. The summed E-state index contributed by atoms with van der Waals surface area (Å²) < 4.78 is 1.66. The minimum atomic E-state index is -0.0420. The van der Waals surface area contributed by atoms with E-state index in [-0.39, 0.29) is 11.6 Å². The van der Waals surface area contributed by atoms with Gasteiger partial charge < -0.3 is 5.32 Å². The molecule has 0 unspecified atom stereocenters. The van der Waals surface area contributed by atoms with Gasteiger partial charge in [-0.1, -0.05) is 0 Å². The number of nitrogens with zero attached hydrogens (tertiary/aromatic N) is 5. The van der Waals surface area contributed by atoms with E-state index in [4.69, 9.17) is 0 Å². The van der Waals surface area contributed by atoms with Gasteiger partial charge in [0.05, 0.1) is 17.4 Å². The lowest BCUT2D eigenvalue weighted by Gasteiger charge is -2.30. The van der Waals surface area contributed by atoms with Gasteiger partial charge in [-0.05, 0) is 81.2 Å². The summed E-state index contributed by atoms with van der Waals surface area (Å²) >= 11 is 0. The van der Waals surface area contributed by atoms with Crippen LogP contribution in [0.4, 0.5) is 5.82 Å². The standard InChI is InChI=1S/C23H26N6O/c30-23-12-11-21(17-5-3-13-24-15-17)28-29(23)19-9-7-18(8-10-19)25-22-14-16-4-1-2-6-20(16)26-27-22/h3,5,11-15,18-19H,1-2,4,6-10H2,(H,25,27). The van der Waals surface area contributed by atoms with Crippen molar-refractivity contribution in [1.82, 2.24) is 25.0 Å². The maximum Gasteiger partial charge on any atom is 0.267 e. The first-order chi connectivity index (χ1) is 14.8. The number of hydrogen-bond acceptors (Lipinski definition) is 6. The van der Waals surface area contributed by atoms with Gasteiger partial charge in [-0.3, -0.25) is 9.78 Å². The second-order valence-corrected chi connectivity index (χ2v) is 8.30. The van der Waals surface area contributed by atoms with Crippen LogP contribution in [0.2, 0.25) is 0 Å². The van der Waals surface area contributed by atoms with E-state index in [9.17, 15) is 4.79 Å². The Morgan fingerprint density at radius 3 is 2.70 bits per heavy atom. The Morgan fingerprint density at radius 1 is 1.00 bits per heavy atom. The normalized spacial score (nSPS) is 21.1. The second-order valence-electron chi connectivity index (χ2n) is 8.30. The van der Waals surface area contributed by atoms with Gasteiger partial charge in [0, 0.05) is 30.1 Å². The van der Waals surface area contributed by atoms with Crippen LogP contribution in [0.25, 0.3) is 11.3 Å². The van der Waals surface area contributed by atoms with Crippen molar-refractivity contribution in [3.05, 3.63) is 64.3 Å². The molecule has 2 aliphatic carbocycles. The molecule has 0 radical (unpaired) electrons. The van der Waals surface area contributed by atoms with E-state index in [1.165, 1.54) is 18.4 Å². The van der Waals surface area contributed by atoms with Crippen LogP contribution in [-0.4, -0.2) is 31.0 Å². The van der Waals surface area contributed by atoms with Gasteiger partial charge in [-0.2, -0.15) is 10.2 Å². The molecule has 7 nitrogen and oxygen atoms in total. The molecule has 1 fully saturated rings. The number of rotatable bonds is 4. The molecule has 5 rings (SSSR count). The van der Waals surface area contributed by atoms with Crippen molar-refractivity contribution in [2.24, 2.45) is 0 Å². The quantitative estimate of drug-likeness (QED) is 0.718. The van der Waals surface area contributed by atoms with Crippen molar-refractivity contribution >= 4 is 5.82 Å². The van der Waals surface area contributed by atoms with Crippen molar-refractivity contribution in [1.29, 1.82) is 0 Å². The summed E-state index contributed by atoms with van der Waals surface area (Å²) in [6.07, 6.45) is 11.9. The van der Waals surface area contributed by atoms with E-state index in [1.807, 2.05) is 12.1 Å². The molecule has 0 aromatic carbocycles. The molecule has 7 heteroatoms. The van der Waals surface area contributed by atoms with Crippen molar-refractivity contribution in [2.75, 3.05) is 5.32 Å². The molecular formula is C23H26N6O. The Kier molecular flexibility index (Phi) is 5.26. The molecule has 0 atom stereocenters. The van der Waals surface area contributed by atoms with E-state index in [0.717, 1.165) is 61.3 Å². The molecule has 2 aliphatic rings. The summed E-state index contributed by atoms with van der Waals surface area (Å²) in [5.74, 6) is 0.882. The highest BCUT2D eigenvalue weighted by Gasteiger charge is 2.24. The fraction of sp³-hybridized carbons (Fsp3) is 0.435. The number of pyridine rings is 1. The number of aryl methyl sites for hydroxylation is 2. The van der Waals surface area contributed by atoms with Crippen LogP contribution in [0.3, 0.4) is 0 Å². The maximum atomic E-state index is 12.5. The monoisotopic (exact) mass is 402 g/mol. The summed E-state index contributed by atoms with van der Waals surface area (Å²) in [6, 6.07) is 9.89. The predicted octanol–water partition coefficient (Wildman–Crippen LogP) is 3.57. The largest absolute Gasteiger partial charge is 0.366 e. The van der Waals surface area contributed by atoms with Crippen LogP contribution in [-0.2, 0) is 12.8 Å². The first-order valence-corrected chi connectivity index (χ1v) is 10.9. The van der Waals surface area contributed by atoms with E-state index in [2.05, 4.69) is 31.7 Å². The second kappa shape index (κ2) is 8.34. The third-order valence-electron chi connectivity index (χ3n) is 6.25. The number of fused-ring (bicyclic) bond motifs is 1. The zero-order valence-corrected chi connectivity index (χ0v) is 17.0. The van der Waals surface area contributed by atoms with Gasteiger partial charge in [0.15, 0.2) is 0 Å². The van der Waals surface area contributed by atoms with Crippen molar-refractivity contribution in [3.63, 3.8) is 0 Å². The summed E-state index contributed by atoms with van der Waals surface area (Å²) in [4.78, 5) is 16.6. The molecule has 1 saturated carbocycles. The fourth-order valence-corrected chi connectivity index (χ4v) is 4.59. The number of nitrogens with one attached hydrogen (secondary N) is 1. The van der Waals surface area contributed by atoms with Crippen LogP contribution < -0.4 is 10.9 Å². The molecule has 3 aromatic rings. The summed E-state index contributed by atoms with van der Waals surface area (Å²) in [7, 11) is 0. The summed E-state index contributed by atoms with van der Waals surface area (Å²) in [6.45, 7) is 0. The van der Waals surface area contributed by atoms with Gasteiger partial charge in [0.1, 0.15) is 5.82 Å². The van der Waals surface area contributed by atoms with Gasteiger partial charge >= 0.3 is 0 Å². The minimum absolute atomic E-state index is 0.0420. The van der Waals surface area contributed by atoms with Crippen LogP contribution in [0.15, 0.2) is 47.5 Å². The fourth-order valence-electron chi connectivity index (χ4n) is 4.59. The predicted molar refractivity (Wildman–Crippen MR) is 115 cm³/mol. The lowest BCUT2D eigenvalue weighted by Crippen LogP contribution is -2.33. The first kappa shape index (κ1) is 18.9. The average molecular weight is 403 g/mol. The molecule has 3 aromatic heterocycles. The molecule has 0 aliphatic heterocycles. The lowest BCUT2D eigenvalue weighted by molar-refractivity contribution is 0.304. The number of hydrogen-bond donors (Lipinski definition) is 1. The minimum Gasteiger partial charge on any atom is -0.366 e. The van der Waals surface area contributed by atoms with Gasteiger partial charge in [-0.25, -0.2) is 4.68 Å². The topological polar surface area (TPSA) is 85.6 Å². The lowest BCUT2D eigenvalue weighted by atomic mass is 9.91. The summed E-state index contributed by atoms with van der Waals surface area (Å²) in [5.41, 5.74) is 4.17. The average Bonchev–Trinajstić information content (AvgIpc) is 2.80. The molecule has 3 heterocycles. The van der Waals surface area contributed by atoms with Crippen molar-refractivity contribution in [2.45, 2.75) is 63.5 Å². The van der Waals surface area contributed by atoms with Crippen molar-refractivity contribution in [3.8, 4) is 11.3 Å². The van der Waals surface area contributed by atoms with E-state index in [0.29, 0.717) is 6.04 Å². The van der Waals surface area contributed by atoms with Crippen LogP contribution in [0.1, 0.15) is 55.8 Å². The van der Waals surface area contributed by atoms with Crippen LogP contribution in [0.5, 0.6) is 0 Å². The highest BCUT2D eigenvalue weighted by atomic mass is 16.1. The Labute approximate surface area is 175 Å². The van der Waals surface area contributed by atoms with E-state index in [1.54, 1.807) is 29.2 Å². The maximum absolute atomic E-state index is 12.5. The molecule has 154 valence electrons. The van der Waals surface area contributed by atoms with Gasteiger partial charge in [-0.15, -0.1) is 5.10 Å². The third kappa shape index (κ3) is 3.97. The Balaban J connectivity index is 1.26. The summed E-state index contributed by atoms with van der Waals surface area (Å²) in [5, 5.41) is 17.0. The zero-order valence-electron chi connectivity index (χ0n) is 17.0.